The molecule has 3 unspecified atom stereocenters. The molecule has 0 fully saturated rings. The molecule has 170 valence electrons. The van der Waals surface area contributed by atoms with Crippen LogP contribution >= 0.6 is 0 Å². The van der Waals surface area contributed by atoms with Crippen LogP contribution in [0.2, 0.25) is 0 Å². The van der Waals surface area contributed by atoms with Crippen LogP contribution in [0.4, 0.5) is 22.7 Å². The second kappa shape index (κ2) is 8.27. The number of rotatable bonds is 5. The highest BCUT2D eigenvalue weighted by molar-refractivity contribution is 5.71. The molecule has 0 spiro atoms. The molecule has 0 saturated carbocycles. The summed E-state index contributed by atoms with van der Waals surface area (Å²) in [6, 6.07) is 17.0. The minimum absolute atomic E-state index is 0.141. The van der Waals surface area contributed by atoms with Crippen molar-refractivity contribution in [3.63, 3.8) is 0 Å². The van der Waals surface area contributed by atoms with Gasteiger partial charge in [0.15, 0.2) is 0 Å². The summed E-state index contributed by atoms with van der Waals surface area (Å²) in [7, 11) is 0. The molecule has 3 aliphatic rings. The van der Waals surface area contributed by atoms with Gasteiger partial charge < -0.3 is 25.4 Å². The van der Waals surface area contributed by atoms with Gasteiger partial charge in [0.2, 0.25) is 0 Å². The quantitative estimate of drug-likeness (QED) is 0.517. The van der Waals surface area contributed by atoms with Crippen LogP contribution in [-0.2, 0) is 6.42 Å². The SMILES string of the molecule is CC1CN(CCC2CNc3ccccc32)c2ccc(Nc3ccnc4c3CCC4O)cc2O1. The average molecular weight is 443 g/mol. The van der Waals surface area contributed by atoms with Gasteiger partial charge in [-0.3, -0.25) is 4.98 Å². The monoisotopic (exact) mass is 442 g/mol. The van der Waals surface area contributed by atoms with Crippen molar-refractivity contribution in [2.24, 2.45) is 0 Å². The van der Waals surface area contributed by atoms with E-state index in [2.05, 4.69) is 69.9 Å². The maximum absolute atomic E-state index is 10.2. The van der Waals surface area contributed by atoms with E-state index in [9.17, 15) is 5.11 Å². The molecule has 6 rings (SSSR count). The van der Waals surface area contributed by atoms with Crippen molar-refractivity contribution in [1.29, 1.82) is 0 Å². The third-order valence-corrected chi connectivity index (χ3v) is 7.14. The molecule has 6 heteroatoms. The summed E-state index contributed by atoms with van der Waals surface area (Å²) in [4.78, 5) is 6.84. The van der Waals surface area contributed by atoms with Crippen molar-refractivity contribution in [2.45, 2.75) is 44.3 Å². The van der Waals surface area contributed by atoms with Crippen molar-refractivity contribution in [2.75, 3.05) is 35.2 Å². The zero-order valence-corrected chi connectivity index (χ0v) is 18.9. The molecule has 3 atom stereocenters. The molecule has 2 aromatic carbocycles. The van der Waals surface area contributed by atoms with Gasteiger partial charge in [-0.2, -0.15) is 0 Å². The standard InChI is InChI=1S/C27H30N4O2/c1-17-16-31(13-11-18-15-29-22-5-3-2-4-20(18)22)24-8-6-19(14-26(24)33-17)30-23-10-12-28-27-21(23)7-9-25(27)32/h2-6,8,10,12,14,17-18,25,29,32H,7,9,11,13,15-16H2,1H3,(H,28,30). The third-order valence-electron chi connectivity index (χ3n) is 7.14. The van der Waals surface area contributed by atoms with Crippen LogP contribution in [0.15, 0.2) is 54.7 Å². The summed E-state index contributed by atoms with van der Waals surface area (Å²) in [5.74, 6) is 1.47. The van der Waals surface area contributed by atoms with E-state index in [1.54, 1.807) is 6.20 Å². The van der Waals surface area contributed by atoms with E-state index in [4.69, 9.17) is 4.74 Å². The molecule has 0 bridgehead atoms. The van der Waals surface area contributed by atoms with Crippen LogP contribution < -0.4 is 20.3 Å². The zero-order valence-electron chi connectivity index (χ0n) is 18.9. The van der Waals surface area contributed by atoms with Crippen LogP contribution in [0.5, 0.6) is 5.75 Å². The van der Waals surface area contributed by atoms with Crippen LogP contribution in [0.3, 0.4) is 0 Å². The molecule has 0 radical (unpaired) electrons. The minimum atomic E-state index is -0.454. The molecule has 6 nitrogen and oxygen atoms in total. The van der Waals surface area contributed by atoms with Crippen molar-refractivity contribution in [3.8, 4) is 5.75 Å². The maximum Gasteiger partial charge on any atom is 0.145 e. The van der Waals surface area contributed by atoms with Gasteiger partial charge in [0.25, 0.3) is 0 Å². The van der Waals surface area contributed by atoms with E-state index in [1.807, 2.05) is 6.07 Å². The van der Waals surface area contributed by atoms with Crippen LogP contribution in [0.1, 0.15) is 48.6 Å². The van der Waals surface area contributed by atoms with Gasteiger partial charge in [-0.05, 0) is 61.6 Å². The topological polar surface area (TPSA) is 69.7 Å². The summed E-state index contributed by atoms with van der Waals surface area (Å²) in [6.45, 7) is 5.06. The fourth-order valence-electron chi connectivity index (χ4n) is 5.50. The Hall–Kier alpha value is -3.25. The highest BCUT2D eigenvalue weighted by Gasteiger charge is 2.27. The zero-order chi connectivity index (χ0) is 22.4. The lowest BCUT2D eigenvalue weighted by molar-refractivity contribution is 0.176. The number of ether oxygens (including phenoxy) is 1. The number of fused-ring (bicyclic) bond motifs is 3. The molecule has 3 aromatic rings. The largest absolute Gasteiger partial charge is 0.487 e. The van der Waals surface area contributed by atoms with Crippen molar-refractivity contribution >= 4 is 22.7 Å². The Balaban J connectivity index is 1.20. The first-order valence-corrected chi connectivity index (χ1v) is 12.0. The van der Waals surface area contributed by atoms with Crippen LogP contribution in [-0.4, -0.2) is 35.8 Å². The highest BCUT2D eigenvalue weighted by atomic mass is 16.5. The Morgan fingerprint density at radius 3 is 3.06 bits per heavy atom. The summed E-state index contributed by atoms with van der Waals surface area (Å²) >= 11 is 0. The van der Waals surface area contributed by atoms with Crippen molar-refractivity contribution in [1.82, 2.24) is 4.98 Å². The number of pyridine rings is 1. The Labute approximate surface area is 194 Å². The molecule has 1 aliphatic carbocycles. The predicted octanol–water partition coefficient (Wildman–Crippen LogP) is 4.99. The molecule has 3 heterocycles. The lowest BCUT2D eigenvalue weighted by Crippen LogP contribution is -2.39. The Morgan fingerprint density at radius 2 is 2.12 bits per heavy atom. The van der Waals surface area contributed by atoms with E-state index < -0.39 is 6.10 Å². The number of hydrogen-bond donors (Lipinski definition) is 3. The molecule has 0 saturated heterocycles. The van der Waals surface area contributed by atoms with E-state index in [0.717, 1.165) is 73.0 Å². The van der Waals surface area contributed by atoms with Gasteiger partial charge in [-0.1, -0.05) is 18.2 Å². The van der Waals surface area contributed by atoms with Crippen molar-refractivity contribution in [3.05, 3.63) is 71.5 Å². The Kier molecular flexibility index (Phi) is 5.10. The predicted molar refractivity (Wildman–Crippen MR) is 132 cm³/mol. The number of benzene rings is 2. The van der Waals surface area contributed by atoms with E-state index in [-0.39, 0.29) is 6.10 Å². The lowest BCUT2D eigenvalue weighted by atomic mass is 9.97. The number of aliphatic hydroxyl groups is 1. The Bertz CT molecular complexity index is 1180. The van der Waals surface area contributed by atoms with Crippen LogP contribution in [0.25, 0.3) is 0 Å². The van der Waals surface area contributed by atoms with E-state index >= 15 is 0 Å². The second-order valence-corrected chi connectivity index (χ2v) is 9.41. The second-order valence-electron chi connectivity index (χ2n) is 9.41. The maximum atomic E-state index is 10.2. The summed E-state index contributed by atoms with van der Waals surface area (Å²) in [6.07, 6.45) is 4.15. The molecule has 3 N–H and O–H groups in total. The van der Waals surface area contributed by atoms with Gasteiger partial charge in [-0.15, -0.1) is 0 Å². The van der Waals surface area contributed by atoms with Gasteiger partial charge in [0.05, 0.1) is 24.0 Å². The first-order chi connectivity index (χ1) is 16.2. The van der Waals surface area contributed by atoms with Crippen molar-refractivity contribution < 1.29 is 9.84 Å². The summed E-state index contributed by atoms with van der Waals surface area (Å²) in [5, 5.41) is 17.2. The Morgan fingerprint density at radius 1 is 1.21 bits per heavy atom. The number of nitrogens with one attached hydrogen (secondary N) is 2. The third kappa shape index (κ3) is 3.78. The summed E-state index contributed by atoms with van der Waals surface area (Å²) in [5.41, 5.74) is 7.81. The average Bonchev–Trinajstić information content (AvgIpc) is 3.41. The molecule has 1 aromatic heterocycles. The number of nitrogens with zero attached hydrogens (tertiary/aromatic N) is 2. The number of para-hydroxylation sites is 1. The molecule has 0 amide bonds. The van der Waals surface area contributed by atoms with E-state index in [0.29, 0.717) is 5.92 Å². The van der Waals surface area contributed by atoms with Gasteiger partial charge in [0, 0.05) is 48.3 Å². The fraction of sp³-hybridized carbons (Fsp3) is 0.370. The highest BCUT2D eigenvalue weighted by Crippen LogP contribution is 2.40. The number of aliphatic hydroxyl groups excluding tert-OH is 1. The minimum Gasteiger partial charge on any atom is -0.487 e. The van der Waals surface area contributed by atoms with Crippen LogP contribution in [0, 0.1) is 0 Å². The number of anilines is 4. The first-order valence-electron chi connectivity index (χ1n) is 12.0. The smallest absolute Gasteiger partial charge is 0.145 e. The molecular weight excluding hydrogens is 412 g/mol. The van der Waals surface area contributed by atoms with Gasteiger partial charge in [-0.25, -0.2) is 0 Å². The molecule has 33 heavy (non-hydrogen) atoms. The normalized spacial score (nSPS) is 22.7. The molecular formula is C27H30N4O2. The van der Waals surface area contributed by atoms with Gasteiger partial charge >= 0.3 is 0 Å². The number of aromatic nitrogens is 1. The summed E-state index contributed by atoms with van der Waals surface area (Å²) < 4.78 is 6.23. The lowest BCUT2D eigenvalue weighted by Gasteiger charge is -2.36. The first kappa shape index (κ1) is 20.4. The molecule has 2 aliphatic heterocycles. The number of hydrogen-bond acceptors (Lipinski definition) is 6. The fourth-order valence-corrected chi connectivity index (χ4v) is 5.50. The van der Waals surface area contributed by atoms with Gasteiger partial charge in [0.1, 0.15) is 11.9 Å². The van der Waals surface area contributed by atoms with E-state index in [1.165, 1.54) is 11.3 Å².